The minimum Gasteiger partial charge on any atom is -0.309 e. The normalized spacial score (nSPS) is 20.4. The average molecular weight is 264 g/mol. The van der Waals surface area contributed by atoms with E-state index in [0.717, 1.165) is 12.2 Å². The van der Waals surface area contributed by atoms with Crippen molar-refractivity contribution in [2.75, 3.05) is 19.6 Å². The second kappa shape index (κ2) is 6.53. The lowest BCUT2D eigenvalue weighted by atomic mass is 10.1. The van der Waals surface area contributed by atoms with Crippen molar-refractivity contribution in [3.8, 4) is 0 Å². The summed E-state index contributed by atoms with van der Waals surface area (Å²) in [6, 6.07) is 1.00. The van der Waals surface area contributed by atoms with E-state index < -0.39 is 0 Å². The van der Waals surface area contributed by atoms with Gasteiger partial charge in [-0.15, -0.1) is 0 Å². The highest BCUT2D eigenvalue weighted by Crippen LogP contribution is 2.16. The van der Waals surface area contributed by atoms with Gasteiger partial charge in [-0.2, -0.15) is 5.10 Å². The fourth-order valence-electron chi connectivity index (χ4n) is 2.99. The zero-order valence-electron chi connectivity index (χ0n) is 12.8. The Labute approximate surface area is 117 Å². The third kappa shape index (κ3) is 3.80. The quantitative estimate of drug-likeness (QED) is 0.885. The van der Waals surface area contributed by atoms with Gasteiger partial charge >= 0.3 is 0 Å². The summed E-state index contributed by atoms with van der Waals surface area (Å²) in [7, 11) is 1.99. The minimum absolute atomic E-state index is 0.376. The lowest BCUT2D eigenvalue weighted by Gasteiger charge is -2.33. The van der Waals surface area contributed by atoms with Crippen molar-refractivity contribution in [3.63, 3.8) is 0 Å². The molecule has 1 fully saturated rings. The summed E-state index contributed by atoms with van der Waals surface area (Å²) in [4.78, 5) is 2.61. The van der Waals surface area contributed by atoms with E-state index in [9.17, 15) is 0 Å². The molecule has 2 heterocycles. The maximum Gasteiger partial charge on any atom is 0.0641 e. The number of piperidine rings is 1. The number of rotatable bonds is 5. The summed E-state index contributed by atoms with van der Waals surface area (Å²) in [5.41, 5.74) is 2.45. The van der Waals surface area contributed by atoms with Crippen LogP contribution in [0.4, 0.5) is 0 Å². The summed E-state index contributed by atoms with van der Waals surface area (Å²) in [5, 5.41) is 8.07. The Hall–Kier alpha value is -0.870. The molecule has 4 heteroatoms. The van der Waals surface area contributed by atoms with Gasteiger partial charge in [0.2, 0.25) is 0 Å². The molecule has 1 saturated heterocycles. The van der Waals surface area contributed by atoms with Gasteiger partial charge in [0.05, 0.1) is 5.69 Å². The van der Waals surface area contributed by atoms with Crippen LogP contribution in [0.3, 0.4) is 0 Å². The van der Waals surface area contributed by atoms with E-state index in [-0.39, 0.29) is 0 Å². The molecule has 1 aliphatic rings. The van der Waals surface area contributed by atoms with Gasteiger partial charge in [-0.3, -0.25) is 9.58 Å². The highest BCUT2D eigenvalue weighted by molar-refractivity contribution is 5.19. The van der Waals surface area contributed by atoms with Crippen molar-refractivity contribution < 1.29 is 0 Å². The molecular formula is C15H28N4. The third-order valence-electron chi connectivity index (χ3n) is 4.25. The first-order valence-corrected chi connectivity index (χ1v) is 7.55. The molecule has 2 rings (SSSR count). The molecule has 0 aromatic carbocycles. The van der Waals surface area contributed by atoms with Crippen LogP contribution < -0.4 is 5.32 Å². The Kier molecular flexibility index (Phi) is 4.99. The highest BCUT2D eigenvalue weighted by atomic mass is 15.3. The predicted molar refractivity (Wildman–Crippen MR) is 79.2 cm³/mol. The van der Waals surface area contributed by atoms with E-state index >= 15 is 0 Å². The Bertz CT molecular complexity index is 393. The van der Waals surface area contributed by atoms with Crippen LogP contribution in [0, 0.1) is 6.92 Å². The minimum atomic E-state index is 0.376. The molecule has 0 spiro atoms. The van der Waals surface area contributed by atoms with Gasteiger partial charge < -0.3 is 5.32 Å². The van der Waals surface area contributed by atoms with E-state index in [1.807, 2.05) is 11.7 Å². The predicted octanol–water partition coefficient (Wildman–Crippen LogP) is 2.25. The molecule has 0 radical (unpaired) electrons. The first kappa shape index (κ1) is 14.5. The number of likely N-dealkylation sites (tertiary alicyclic amines) is 1. The van der Waals surface area contributed by atoms with Crippen molar-refractivity contribution in [1.82, 2.24) is 20.0 Å². The van der Waals surface area contributed by atoms with E-state index in [4.69, 9.17) is 0 Å². The standard InChI is InChI=1S/C15H28N4/c1-12(19-8-6-5-7-9-19)10-16-13(2)15-11-18(4)17-14(15)3/h11-13,16H,5-10H2,1-4H3. The van der Waals surface area contributed by atoms with Crippen LogP contribution in [0.25, 0.3) is 0 Å². The van der Waals surface area contributed by atoms with Crippen LogP contribution in [0.2, 0.25) is 0 Å². The maximum atomic E-state index is 4.42. The molecule has 4 nitrogen and oxygen atoms in total. The second-order valence-electron chi connectivity index (χ2n) is 5.92. The molecule has 0 bridgehead atoms. The maximum absolute atomic E-state index is 4.42. The van der Waals surface area contributed by atoms with Gasteiger partial charge in [0, 0.05) is 37.4 Å². The van der Waals surface area contributed by atoms with E-state index in [0.29, 0.717) is 12.1 Å². The van der Waals surface area contributed by atoms with Crippen LogP contribution >= 0.6 is 0 Å². The van der Waals surface area contributed by atoms with E-state index in [2.05, 4.69) is 42.3 Å². The number of hydrogen-bond donors (Lipinski definition) is 1. The second-order valence-corrected chi connectivity index (χ2v) is 5.92. The summed E-state index contributed by atoms with van der Waals surface area (Å²) >= 11 is 0. The zero-order valence-corrected chi connectivity index (χ0v) is 12.8. The van der Waals surface area contributed by atoms with E-state index in [1.165, 1.54) is 37.9 Å². The number of hydrogen-bond acceptors (Lipinski definition) is 3. The van der Waals surface area contributed by atoms with Crippen LogP contribution in [0.1, 0.15) is 50.4 Å². The molecule has 19 heavy (non-hydrogen) atoms. The first-order valence-electron chi connectivity index (χ1n) is 7.55. The molecule has 0 saturated carbocycles. The lowest BCUT2D eigenvalue weighted by molar-refractivity contribution is 0.168. The molecule has 2 unspecified atom stereocenters. The molecule has 0 aliphatic carbocycles. The topological polar surface area (TPSA) is 33.1 Å². The van der Waals surface area contributed by atoms with Crippen molar-refractivity contribution in [3.05, 3.63) is 17.5 Å². The van der Waals surface area contributed by atoms with Gasteiger partial charge in [0.1, 0.15) is 0 Å². The SMILES string of the molecule is Cc1nn(C)cc1C(C)NCC(C)N1CCCCC1. The number of aryl methyl sites for hydroxylation is 2. The van der Waals surface area contributed by atoms with Gasteiger partial charge in [-0.25, -0.2) is 0 Å². The Balaban J connectivity index is 1.82. The molecule has 1 aromatic heterocycles. The molecular weight excluding hydrogens is 236 g/mol. The Morgan fingerprint density at radius 2 is 1.95 bits per heavy atom. The Morgan fingerprint density at radius 1 is 1.26 bits per heavy atom. The van der Waals surface area contributed by atoms with Gasteiger partial charge in [-0.05, 0) is 46.7 Å². The largest absolute Gasteiger partial charge is 0.309 e. The Morgan fingerprint density at radius 3 is 2.53 bits per heavy atom. The van der Waals surface area contributed by atoms with Crippen LogP contribution in [-0.4, -0.2) is 40.4 Å². The number of nitrogens with zero attached hydrogens (tertiary/aromatic N) is 3. The lowest BCUT2D eigenvalue weighted by Crippen LogP contribution is -2.43. The van der Waals surface area contributed by atoms with Crippen molar-refractivity contribution in [2.24, 2.45) is 7.05 Å². The van der Waals surface area contributed by atoms with Crippen molar-refractivity contribution >= 4 is 0 Å². The van der Waals surface area contributed by atoms with Crippen LogP contribution in [0.15, 0.2) is 6.20 Å². The number of aromatic nitrogens is 2. The van der Waals surface area contributed by atoms with Crippen molar-refractivity contribution in [1.29, 1.82) is 0 Å². The van der Waals surface area contributed by atoms with Crippen LogP contribution in [-0.2, 0) is 7.05 Å². The molecule has 1 aromatic rings. The summed E-state index contributed by atoms with van der Waals surface area (Å²) in [6.45, 7) is 10.2. The van der Waals surface area contributed by atoms with E-state index in [1.54, 1.807) is 0 Å². The summed E-state index contributed by atoms with van der Waals surface area (Å²) in [5.74, 6) is 0. The molecule has 0 amide bonds. The smallest absolute Gasteiger partial charge is 0.0641 e. The molecule has 1 aliphatic heterocycles. The monoisotopic (exact) mass is 264 g/mol. The summed E-state index contributed by atoms with van der Waals surface area (Å²) < 4.78 is 1.90. The van der Waals surface area contributed by atoms with Gasteiger partial charge in [-0.1, -0.05) is 6.42 Å². The molecule has 2 atom stereocenters. The summed E-state index contributed by atoms with van der Waals surface area (Å²) in [6.07, 6.45) is 6.25. The molecule has 108 valence electrons. The third-order valence-corrected chi connectivity index (χ3v) is 4.25. The fourth-order valence-corrected chi connectivity index (χ4v) is 2.99. The first-order chi connectivity index (χ1) is 9.08. The fraction of sp³-hybridized carbons (Fsp3) is 0.800. The van der Waals surface area contributed by atoms with Gasteiger partial charge in [0.25, 0.3) is 0 Å². The zero-order chi connectivity index (χ0) is 13.8. The highest BCUT2D eigenvalue weighted by Gasteiger charge is 2.18. The van der Waals surface area contributed by atoms with Gasteiger partial charge in [0.15, 0.2) is 0 Å². The molecule has 1 N–H and O–H groups in total. The van der Waals surface area contributed by atoms with Crippen molar-refractivity contribution in [2.45, 2.75) is 52.1 Å². The van der Waals surface area contributed by atoms with Crippen LogP contribution in [0.5, 0.6) is 0 Å². The number of nitrogens with one attached hydrogen (secondary N) is 1. The average Bonchev–Trinajstić information content (AvgIpc) is 2.75.